The molecule has 0 saturated carbocycles. The fourth-order valence-corrected chi connectivity index (χ4v) is 2.48. The molecule has 1 aliphatic carbocycles. The third-order valence-electron chi connectivity index (χ3n) is 3.79. The molecule has 0 spiro atoms. The third-order valence-corrected chi connectivity index (χ3v) is 3.79. The van der Waals surface area contributed by atoms with E-state index in [0.717, 1.165) is 44.8 Å². The maximum absolute atomic E-state index is 11.3. The molecule has 0 bridgehead atoms. The Labute approximate surface area is 105 Å². The molecule has 1 atom stereocenters. The average Bonchev–Trinajstić information content (AvgIpc) is 2.36. The van der Waals surface area contributed by atoms with Crippen molar-refractivity contribution in [1.29, 1.82) is 0 Å². The molecule has 1 unspecified atom stereocenters. The normalized spacial score (nSPS) is 25.3. The SMILES string of the molecule is C=CCC1(C=O)CCC=C(CC/C(C)=C/C)C1. The lowest BCUT2D eigenvalue weighted by Crippen LogP contribution is -2.25. The maximum atomic E-state index is 11.3. The van der Waals surface area contributed by atoms with Crippen molar-refractivity contribution >= 4 is 6.29 Å². The summed E-state index contributed by atoms with van der Waals surface area (Å²) in [5, 5.41) is 0. The Morgan fingerprint density at radius 2 is 2.35 bits per heavy atom. The quantitative estimate of drug-likeness (QED) is 0.483. The number of carbonyl (C=O) groups is 1. The van der Waals surface area contributed by atoms with Gasteiger partial charge in [-0.05, 0) is 52.4 Å². The summed E-state index contributed by atoms with van der Waals surface area (Å²) in [6.07, 6.45) is 13.5. The zero-order chi connectivity index (χ0) is 12.7. The van der Waals surface area contributed by atoms with E-state index in [-0.39, 0.29) is 5.41 Å². The molecule has 0 aromatic carbocycles. The van der Waals surface area contributed by atoms with Gasteiger partial charge in [0.15, 0.2) is 0 Å². The van der Waals surface area contributed by atoms with Crippen LogP contribution in [-0.4, -0.2) is 6.29 Å². The monoisotopic (exact) mass is 232 g/mol. The van der Waals surface area contributed by atoms with Crippen LogP contribution < -0.4 is 0 Å². The molecule has 0 N–H and O–H groups in total. The van der Waals surface area contributed by atoms with E-state index in [4.69, 9.17) is 0 Å². The molecule has 0 aromatic heterocycles. The Kier molecular flexibility index (Phi) is 5.40. The van der Waals surface area contributed by atoms with Gasteiger partial charge in [0, 0.05) is 5.41 Å². The van der Waals surface area contributed by atoms with Crippen LogP contribution >= 0.6 is 0 Å². The zero-order valence-electron chi connectivity index (χ0n) is 11.2. The van der Waals surface area contributed by atoms with E-state index in [2.05, 4.69) is 32.6 Å². The molecular formula is C16H24O. The summed E-state index contributed by atoms with van der Waals surface area (Å²) >= 11 is 0. The van der Waals surface area contributed by atoms with Crippen LogP contribution in [-0.2, 0) is 4.79 Å². The summed E-state index contributed by atoms with van der Waals surface area (Å²) < 4.78 is 0. The molecule has 0 saturated heterocycles. The van der Waals surface area contributed by atoms with Crippen LogP contribution in [0.15, 0.2) is 36.0 Å². The molecule has 1 aliphatic rings. The van der Waals surface area contributed by atoms with Gasteiger partial charge >= 0.3 is 0 Å². The Bertz CT molecular complexity index is 335. The molecule has 1 nitrogen and oxygen atoms in total. The Hall–Kier alpha value is -1.11. The molecule has 0 fully saturated rings. The highest BCUT2D eigenvalue weighted by Crippen LogP contribution is 2.39. The predicted octanol–water partition coefficient (Wildman–Crippen LogP) is 4.60. The van der Waals surface area contributed by atoms with E-state index in [1.807, 2.05) is 6.08 Å². The van der Waals surface area contributed by atoms with Crippen LogP contribution in [0.2, 0.25) is 0 Å². The van der Waals surface area contributed by atoms with Crippen LogP contribution in [0.5, 0.6) is 0 Å². The van der Waals surface area contributed by atoms with Gasteiger partial charge in [-0.25, -0.2) is 0 Å². The summed E-state index contributed by atoms with van der Waals surface area (Å²) in [5.74, 6) is 0. The first-order valence-electron chi connectivity index (χ1n) is 6.53. The Morgan fingerprint density at radius 3 is 2.94 bits per heavy atom. The van der Waals surface area contributed by atoms with Crippen molar-refractivity contribution in [1.82, 2.24) is 0 Å². The molecule has 0 radical (unpaired) electrons. The standard InChI is InChI=1S/C16H24O/c1-4-10-16(13-17)11-6-7-15(12-16)9-8-14(3)5-2/h4-5,7,13H,1,6,8-12H2,2-3H3/b14-5+. The Balaban J connectivity index is 2.61. The fraction of sp³-hybridized carbons (Fsp3) is 0.562. The van der Waals surface area contributed by atoms with Gasteiger partial charge in [0.25, 0.3) is 0 Å². The van der Waals surface area contributed by atoms with Gasteiger partial charge in [0.05, 0.1) is 0 Å². The van der Waals surface area contributed by atoms with E-state index >= 15 is 0 Å². The first-order valence-corrected chi connectivity index (χ1v) is 6.53. The largest absolute Gasteiger partial charge is 0.303 e. The third kappa shape index (κ3) is 3.99. The average molecular weight is 232 g/mol. The molecule has 0 amide bonds. The lowest BCUT2D eigenvalue weighted by molar-refractivity contribution is -0.116. The maximum Gasteiger partial charge on any atom is 0.126 e. The highest BCUT2D eigenvalue weighted by Gasteiger charge is 2.31. The van der Waals surface area contributed by atoms with Gasteiger partial charge < -0.3 is 4.79 Å². The predicted molar refractivity (Wildman–Crippen MR) is 73.9 cm³/mol. The number of allylic oxidation sites excluding steroid dienone is 5. The molecule has 0 aromatic rings. The summed E-state index contributed by atoms with van der Waals surface area (Å²) in [4.78, 5) is 11.3. The molecular weight excluding hydrogens is 208 g/mol. The second-order valence-corrected chi connectivity index (χ2v) is 5.19. The molecule has 1 rings (SSSR count). The summed E-state index contributed by atoms with van der Waals surface area (Å²) in [6, 6.07) is 0. The molecule has 0 heterocycles. The number of rotatable bonds is 6. The van der Waals surface area contributed by atoms with Crippen LogP contribution in [0, 0.1) is 5.41 Å². The second-order valence-electron chi connectivity index (χ2n) is 5.19. The van der Waals surface area contributed by atoms with Crippen molar-refractivity contribution in [2.45, 2.75) is 52.4 Å². The number of hydrogen-bond acceptors (Lipinski definition) is 1. The molecule has 17 heavy (non-hydrogen) atoms. The van der Waals surface area contributed by atoms with Gasteiger partial charge in [-0.15, -0.1) is 6.58 Å². The first kappa shape index (κ1) is 14.0. The first-order chi connectivity index (χ1) is 8.15. The number of aldehydes is 1. The highest BCUT2D eigenvalue weighted by atomic mass is 16.1. The van der Waals surface area contributed by atoms with Crippen molar-refractivity contribution < 1.29 is 4.79 Å². The smallest absolute Gasteiger partial charge is 0.126 e. The molecule has 1 heteroatoms. The highest BCUT2D eigenvalue weighted by molar-refractivity contribution is 5.61. The zero-order valence-corrected chi connectivity index (χ0v) is 11.2. The van der Waals surface area contributed by atoms with E-state index in [9.17, 15) is 4.79 Å². The molecule has 94 valence electrons. The van der Waals surface area contributed by atoms with E-state index in [0.29, 0.717) is 0 Å². The van der Waals surface area contributed by atoms with Crippen LogP contribution in [0.4, 0.5) is 0 Å². The lowest BCUT2D eigenvalue weighted by Gasteiger charge is -2.31. The minimum absolute atomic E-state index is 0.157. The van der Waals surface area contributed by atoms with Gasteiger partial charge in [0.1, 0.15) is 6.29 Å². The summed E-state index contributed by atoms with van der Waals surface area (Å²) in [7, 11) is 0. The topological polar surface area (TPSA) is 17.1 Å². The van der Waals surface area contributed by atoms with Gasteiger partial charge in [-0.1, -0.05) is 29.4 Å². The van der Waals surface area contributed by atoms with Crippen LogP contribution in [0.3, 0.4) is 0 Å². The molecule has 0 aliphatic heterocycles. The number of hydrogen-bond donors (Lipinski definition) is 0. The van der Waals surface area contributed by atoms with Crippen molar-refractivity contribution in [2.75, 3.05) is 0 Å². The Morgan fingerprint density at radius 1 is 1.59 bits per heavy atom. The minimum Gasteiger partial charge on any atom is -0.303 e. The minimum atomic E-state index is -0.157. The van der Waals surface area contributed by atoms with Crippen LogP contribution in [0.25, 0.3) is 0 Å². The van der Waals surface area contributed by atoms with Crippen molar-refractivity contribution in [2.24, 2.45) is 5.41 Å². The van der Waals surface area contributed by atoms with Crippen molar-refractivity contribution in [3.8, 4) is 0 Å². The van der Waals surface area contributed by atoms with E-state index in [1.54, 1.807) is 0 Å². The van der Waals surface area contributed by atoms with Gasteiger partial charge in [-0.2, -0.15) is 0 Å². The van der Waals surface area contributed by atoms with E-state index < -0.39 is 0 Å². The van der Waals surface area contributed by atoms with E-state index in [1.165, 1.54) is 11.1 Å². The summed E-state index contributed by atoms with van der Waals surface area (Å²) in [6.45, 7) is 8.02. The van der Waals surface area contributed by atoms with Gasteiger partial charge in [-0.3, -0.25) is 0 Å². The lowest BCUT2D eigenvalue weighted by atomic mass is 9.72. The van der Waals surface area contributed by atoms with Crippen molar-refractivity contribution in [3.05, 3.63) is 36.0 Å². The fourth-order valence-electron chi connectivity index (χ4n) is 2.48. The number of carbonyl (C=O) groups excluding carboxylic acids is 1. The second kappa shape index (κ2) is 6.58. The van der Waals surface area contributed by atoms with Crippen molar-refractivity contribution in [3.63, 3.8) is 0 Å². The van der Waals surface area contributed by atoms with Crippen LogP contribution in [0.1, 0.15) is 52.4 Å². The van der Waals surface area contributed by atoms with Gasteiger partial charge in [0.2, 0.25) is 0 Å². The summed E-state index contributed by atoms with van der Waals surface area (Å²) in [5.41, 5.74) is 2.72.